The van der Waals surface area contributed by atoms with Crippen LogP contribution in [0.3, 0.4) is 0 Å². The van der Waals surface area contributed by atoms with Crippen LogP contribution >= 0.6 is 15.9 Å². The second-order valence-electron chi connectivity index (χ2n) is 2.91. The molecule has 0 unspecified atom stereocenters. The van der Waals surface area contributed by atoms with Crippen molar-refractivity contribution in [1.29, 1.82) is 0 Å². The molecule has 0 aliphatic heterocycles. The van der Waals surface area contributed by atoms with Gasteiger partial charge in [0.2, 0.25) is 0 Å². The molecule has 1 aromatic heterocycles. The van der Waals surface area contributed by atoms with E-state index in [1.807, 2.05) is 29.0 Å². The Kier molecular flexibility index (Phi) is 2.65. The third-order valence-electron chi connectivity index (χ3n) is 2.08. The number of imidazole rings is 1. The number of hydrogen-bond acceptors (Lipinski definition) is 2. The molecule has 1 aromatic carbocycles. The van der Waals surface area contributed by atoms with Crippen molar-refractivity contribution in [1.82, 2.24) is 9.55 Å². The highest BCUT2D eigenvalue weighted by Crippen LogP contribution is 2.22. The molecule has 0 bridgehead atoms. The minimum Gasteiger partial charge on any atom is -0.326 e. The number of halogens is 1. The van der Waals surface area contributed by atoms with Crippen LogP contribution in [0.15, 0.2) is 41.4 Å². The van der Waals surface area contributed by atoms with Gasteiger partial charge in [-0.25, -0.2) is 4.98 Å². The van der Waals surface area contributed by atoms with Crippen LogP contribution in [0, 0.1) is 0 Å². The van der Waals surface area contributed by atoms with Crippen LogP contribution in [0.2, 0.25) is 0 Å². The van der Waals surface area contributed by atoms with Crippen LogP contribution < -0.4 is 5.73 Å². The van der Waals surface area contributed by atoms with Gasteiger partial charge in [0.15, 0.2) is 0 Å². The molecule has 2 rings (SSSR count). The third-order valence-corrected chi connectivity index (χ3v) is 2.82. The van der Waals surface area contributed by atoms with Crippen molar-refractivity contribution in [2.45, 2.75) is 6.54 Å². The highest BCUT2D eigenvalue weighted by molar-refractivity contribution is 9.10. The lowest BCUT2D eigenvalue weighted by Crippen LogP contribution is -2.04. The molecule has 4 heteroatoms. The van der Waals surface area contributed by atoms with Crippen molar-refractivity contribution in [2.75, 3.05) is 0 Å². The maximum absolute atomic E-state index is 5.69. The number of benzene rings is 1. The summed E-state index contributed by atoms with van der Waals surface area (Å²) in [5.41, 5.74) is 7.85. The standard InChI is InChI=1S/C10H10BrN3/c11-9-2-1-3-10(8(9)6-12)14-5-4-13-7-14/h1-5,7H,6,12H2. The Labute approximate surface area is 90.7 Å². The maximum atomic E-state index is 5.69. The largest absolute Gasteiger partial charge is 0.326 e. The van der Waals surface area contributed by atoms with Crippen LogP contribution in [0.1, 0.15) is 5.56 Å². The van der Waals surface area contributed by atoms with Crippen LogP contribution in [-0.2, 0) is 6.54 Å². The molecule has 0 fully saturated rings. The van der Waals surface area contributed by atoms with Crippen molar-refractivity contribution in [3.05, 3.63) is 47.0 Å². The molecule has 3 nitrogen and oxygen atoms in total. The number of nitrogens with zero attached hydrogens (tertiary/aromatic N) is 2. The molecular formula is C10H10BrN3. The number of hydrogen-bond donors (Lipinski definition) is 1. The molecule has 0 spiro atoms. The van der Waals surface area contributed by atoms with E-state index in [0.29, 0.717) is 6.54 Å². The lowest BCUT2D eigenvalue weighted by Gasteiger charge is -2.09. The Morgan fingerprint density at radius 3 is 2.93 bits per heavy atom. The highest BCUT2D eigenvalue weighted by atomic mass is 79.9. The normalized spacial score (nSPS) is 10.4. The van der Waals surface area contributed by atoms with E-state index in [1.165, 1.54) is 0 Å². The van der Waals surface area contributed by atoms with Crippen LogP contribution in [-0.4, -0.2) is 9.55 Å². The molecule has 0 atom stereocenters. The molecule has 2 aromatic rings. The van der Waals surface area contributed by atoms with Crippen LogP contribution in [0.25, 0.3) is 5.69 Å². The monoisotopic (exact) mass is 251 g/mol. The summed E-state index contributed by atoms with van der Waals surface area (Å²) < 4.78 is 2.98. The van der Waals surface area contributed by atoms with Crippen LogP contribution in [0.5, 0.6) is 0 Å². The molecule has 0 radical (unpaired) electrons. The smallest absolute Gasteiger partial charge is 0.0991 e. The van der Waals surface area contributed by atoms with Gasteiger partial charge in [-0.1, -0.05) is 22.0 Å². The van der Waals surface area contributed by atoms with Gasteiger partial charge in [-0.05, 0) is 12.1 Å². The third kappa shape index (κ3) is 1.58. The van der Waals surface area contributed by atoms with Crippen molar-refractivity contribution < 1.29 is 0 Å². The van der Waals surface area contributed by atoms with Gasteiger partial charge >= 0.3 is 0 Å². The van der Waals surface area contributed by atoms with Gasteiger partial charge in [0.05, 0.1) is 12.0 Å². The molecule has 72 valence electrons. The Morgan fingerprint density at radius 1 is 1.43 bits per heavy atom. The average Bonchev–Trinajstić information content (AvgIpc) is 2.70. The summed E-state index contributed by atoms with van der Waals surface area (Å²) in [6.45, 7) is 0.509. The topological polar surface area (TPSA) is 43.8 Å². The SMILES string of the molecule is NCc1c(Br)cccc1-n1ccnc1. The molecule has 14 heavy (non-hydrogen) atoms. The minimum atomic E-state index is 0.509. The summed E-state index contributed by atoms with van der Waals surface area (Å²) in [6, 6.07) is 6.00. The fourth-order valence-corrected chi connectivity index (χ4v) is 1.91. The molecule has 0 aliphatic rings. The first kappa shape index (κ1) is 9.43. The molecule has 0 saturated heterocycles. The van der Waals surface area contributed by atoms with E-state index in [9.17, 15) is 0 Å². The second kappa shape index (κ2) is 3.94. The lowest BCUT2D eigenvalue weighted by molar-refractivity contribution is 0.976. The molecule has 0 aliphatic carbocycles. The summed E-state index contributed by atoms with van der Waals surface area (Å²) >= 11 is 3.48. The van der Waals surface area contributed by atoms with E-state index in [-0.39, 0.29) is 0 Å². The Hall–Kier alpha value is -1.13. The first-order valence-electron chi connectivity index (χ1n) is 4.28. The Balaban J connectivity index is 2.58. The number of nitrogens with two attached hydrogens (primary N) is 1. The average molecular weight is 252 g/mol. The van der Waals surface area contributed by atoms with Crippen LogP contribution in [0.4, 0.5) is 0 Å². The molecule has 1 heterocycles. The fourth-order valence-electron chi connectivity index (χ4n) is 1.39. The zero-order valence-electron chi connectivity index (χ0n) is 7.52. The lowest BCUT2D eigenvalue weighted by atomic mass is 10.2. The first-order valence-corrected chi connectivity index (χ1v) is 5.08. The highest BCUT2D eigenvalue weighted by Gasteiger charge is 2.05. The molecule has 0 amide bonds. The molecular weight excluding hydrogens is 242 g/mol. The van der Waals surface area contributed by atoms with Crippen molar-refractivity contribution in [2.24, 2.45) is 5.73 Å². The van der Waals surface area contributed by atoms with Gasteiger partial charge in [-0.2, -0.15) is 0 Å². The van der Waals surface area contributed by atoms with E-state index in [4.69, 9.17) is 5.73 Å². The zero-order valence-corrected chi connectivity index (χ0v) is 9.11. The molecule has 0 saturated carbocycles. The maximum Gasteiger partial charge on any atom is 0.0991 e. The number of aromatic nitrogens is 2. The Bertz CT molecular complexity index is 423. The predicted molar refractivity (Wildman–Crippen MR) is 59.2 cm³/mol. The summed E-state index contributed by atoms with van der Waals surface area (Å²) in [6.07, 6.45) is 5.42. The van der Waals surface area contributed by atoms with Crippen molar-refractivity contribution in [3.63, 3.8) is 0 Å². The summed E-state index contributed by atoms with van der Waals surface area (Å²) in [5, 5.41) is 0. The van der Waals surface area contributed by atoms with E-state index >= 15 is 0 Å². The van der Waals surface area contributed by atoms with Crippen molar-refractivity contribution >= 4 is 15.9 Å². The van der Waals surface area contributed by atoms with Gasteiger partial charge in [0.25, 0.3) is 0 Å². The predicted octanol–water partition coefficient (Wildman–Crippen LogP) is 2.09. The minimum absolute atomic E-state index is 0.509. The fraction of sp³-hybridized carbons (Fsp3) is 0.100. The summed E-state index contributed by atoms with van der Waals surface area (Å²) in [4.78, 5) is 4.01. The zero-order chi connectivity index (χ0) is 9.97. The van der Waals surface area contributed by atoms with E-state index in [0.717, 1.165) is 15.7 Å². The summed E-state index contributed by atoms with van der Waals surface area (Å²) in [5.74, 6) is 0. The van der Waals surface area contributed by atoms with Gasteiger partial charge in [-0.15, -0.1) is 0 Å². The Morgan fingerprint density at radius 2 is 2.29 bits per heavy atom. The first-order chi connectivity index (χ1) is 6.83. The quantitative estimate of drug-likeness (QED) is 0.889. The molecule has 2 N–H and O–H groups in total. The van der Waals surface area contributed by atoms with Gasteiger partial charge in [0.1, 0.15) is 0 Å². The van der Waals surface area contributed by atoms with E-state index < -0.39 is 0 Å². The van der Waals surface area contributed by atoms with Crippen molar-refractivity contribution in [3.8, 4) is 5.69 Å². The van der Waals surface area contributed by atoms with Gasteiger partial charge in [0, 0.05) is 29.0 Å². The van der Waals surface area contributed by atoms with E-state index in [2.05, 4.69) is 20.9 Å². The van der Waals surface area contributed by atoms with Gasteiger partial charge < -0.3 is 10.3 Å². The summed E-state index contributed by atoms with van der Waals surface area (Å²) in [7, 11) is 0. The van der Waals surface area contributed by atoms with E-state index in [1.54, 1.807) is 12.5 Å². The second-order valence-corrected chi connectivity index (χ2v) is 3.77. The van der Waals surface area contributed by atoms with Gasteiger partial charge in [-0.3, -0.25) is 0 Å². The number of rotatable bonds is 2.